The number of urea groups is 1. The van der Waals surface area contributed by atoms with Gasteiger partial charge in [-0.15, -0.1) is 10.2 Å². The van der Waals surface area contributed by atoms with Crippen LogP contribution in [0.4, 0.5) is 10.5 Å². The molecule has 4 aromatic rings. The lowest BCUT2D eigenvalue weighted by Crippen LogP contribution is -2.29. The van der Waals surface area contributed by atoms with Crippen LogP contribution < -0.4 is 10.6 Å². The average Bonchev–Trinajstić information content (AvgIpc) is 3.24. The summed E-state index contributed by atoms with van der Waals surface area (Å²) < 4.78 is 1.83. The maximum Gasteiger partial charge on any atom is 0.319 e. The van der Waals surface area contributed by atoms with Crippen molar-refractivity contribution in [3.63, 3.8) is 0 Å². The van der Waals surface area contributed by atoms with Gasteiger partial charge in [-0.3, -0.25) is 4.57 Å². The van der Waals surface area contributed by atoms with E-state index < -0.39 is 0 Å². The van der Waals surface area contributed by atoms with Gasteiger partial charge < -0.3 is 10.6 Å². The van der Waals surface area contributed by atoms with E-state index in [1.807, 2.05) is 54.8 Å². The van der Waals surface area contributed by atoms with E-state index in [2.05, 4.69) is 33.0 Å². The molecule has 6 nitrogen and oxygen atoms in total. The van der Waals surface area contributed by atoms with Crippen molar-refractivity contribution in [3.05, 3.63) is 99.3 Å². The minimum Gasteiger partial charge on any atom is -0.331 e. The molecule has 3 aromatic carbocycles. The van der Waals surface area contributed by atoms with E-state index in [9.17, 15) is 4.79 Å². The van der Waals surface area contributed by atoms with Gasteiger partial charge in [0.2, 0.25) is 0 Å². The highest BCUT2D eigenvalue weighted by Crippen LogP contribution is 2.31. The molecule has 1 aromatic heterocycles. The molecular weight excluding hydrogens is 489 g/mol. The van der Waals surface area contributed by atoms with E-state index in [-0.39, 0.29) is 12.6 Å². The Balaban J connectivity index is 1.56. The van der Waals surface area contributed by atoms with E-state index in [0.717, 1.165) is 22.4 Å². The molecule has 0 bridgehead atoms. The summed E-state index contributed by atoms with van der Waals surface area (Å²) in [6, 6.07) is 20.8. The van der Waals surface area contributed by atoms with Gasteiger partial charge in [0.1, 0.15) is 0 Å². The summed E-state index contributed by atoms with van der Waals surface area (Å²) in [5.41, 5.74) is 4.70. The van der Waals surface area contributed by atoms with Crippen LogP contribution >= 0.6 is 35.0 Å². The summed E-state index contributed by atoms with van der Waals surface area (Å²) in [6.45, 7) is 4.13. The van der Waals surface area contributed by atoms with Crippen LogP contribution in [-0.4, -0.2) is 20.8 Å². The van der Waals surface area contributed by atoms with Crippen LogP contribution in [-0.2, 0) is 12.3 Å². The highest BCUT2D eigenvalue weighted by molar-refractivity contribution is 7.98. The Morgan fingerprint density at radius 2 is 1.79 bits per heavy atom. The Bertz CT molecular complexity index is 1310. The zero-order valence-corrected chi connectivity index (χ0v) is 21.0. The lowest BCUT2D eigenvalue weighted by molar-refractivity contribution is 0.251. The lowest BCUT2D eigenvalue weighted by atomic mass is 10.1. The fourth-order valence-corrected chi connectivity index (χ4v) is 4.63. The van der Waals surface area contributed by atoms with Crippen LogP contribution in [0.5, 0.6) is 0 Å². The van der Waals surface area contributed by atoms with Gasteiger partial charge >= 0.3 is 6.03 Å². The molecule has 0 saturated heterocycles. The summed E-state index contributed by atoms with van der Waals surface area (Å²) in [5, 5.41) is 16.2. The molecule has 0 aliphatic rings. The first-order valence-corrected chi connectivity index (χ1v) is 12.3. The van der Waals surface area contributed by atoms with Gasteiger partial charge in [-0.1, -0.05) is 77.4 Å². The second kappa shape index (κ2) is 11.0. The Morgan fingerprint density at radius 3 is 2.59 bits per heavy atom. The highest BCUT2D eigenvalue weighted by atomic mass is 35.5. The molecule has 2 amide bonds. The second-order valence-electron chi connectivity index (χ2n) is 7.66. The Kier molecular flexibility index (Phi) is 7.77. The van der Waals surface area contributed by atoms with Crippen LogP contribution in [0.2, 0.25) is 10.0 Å². The van der Waals surface area contributed by atoms with E-state index in [4.69, 9.17) is 23.2 Å². The van der Waals surface area contributed by atoms with Crippen molar-refractivity contribution in [2.24, 2.45) is 0 Å². The molecule has 0 unspecified atom stereocenters. The van der Waals surface area contributed by atoms with Crippen molar-refractivity contribution >= 4 is 46.7 Å². The Hall–Kier alpha value is -3.00. The largest absolute Gasteiger partial charge is 0.331 e. The number of carbonyl (C=O) groups is 1. The third-order valence-corrected chi connectivity index (χ3v) is 6.87. The topological polar surface area (TPSA) is 71.8 Å². The first kappa shape index (κ1) is 24.1. The minimum atomic E-state index is -0.334. The van der Waals surface area contributed by atoms with Crippen molar-refractivity contribution in [1.82, 2.24) is 20.1 Å². The van der Waals surface area contributed by atoms with Crippen molar-refractivity contribution < 1.29 is 4.79 Å². The first-order chi connectivity index (χ1) is 16.4. The number of aryl methyl sites for hydroxylation is 1. The van der Waals surface area contributed by atoms with Crippen LogP contribution in [0, 0.1) is 13.8 Å². The van der Waals surface area contributed by atoms with E-state index in [1.54, 1.807) is 18.2 Å². The molecule has 4 rings (SSSR count). The molecule has 0 aliphatic carbocycles. The lowest BCUT2D eigenvalue weighted by Gasteiger charge is -2.14. The van der Waals surface area contributed by atoms with Gasteiger partial charge in [-0.2, -0.15) is 0 Å². The van der Waals surface area contributed by atoms with Gasteiger partial charge in [-0.05, 0) is 54.8 Å². The molecule has 1 heterocycles. The third-order valence-electron chi connectivity index (χ3n) is 5.32. The third kappa shape index (κ3) is 5.73. The van der Waals surface area contributed by atoms with E-state index in [0.29, 0.717) is 32.5 Å². The number of anilines is 1. The number of nitrogens with zero attached hydrogens (tertiary/aromatic N) is 3. The van der Waals surface area contributed by atoms with Crippen molar-refractivity contribution in [1.29, 1.82) is 0 Å². The van der Waals surface area contributed by atoms with Crippen LogP contribution in [0.1, 0.15) is 22.5 Å². The number of amides is 2. The standard InChI is InChI=1S/C25H23Cl2N5OS/c1-16-7-6-10-21(17(16)2)29-24(33)28-14-23-30-31-25(34-15-18-8-4-3-5-9-18)32(23)22-13-19(26)11-12-20(22)27/h3-13H,14-15H2,1-2H3,(H2,28,29,33). The fourth-order valence-electron chi connectivity index (χ4n) is 3.34. The van der Waals surface area contributed by atoms with Crippen molar-refractivity contribution in [3.8, 4) is 5.69 Å². The molecule has 9 heteroatoms. The summed E-state index contributed by atoms with van der Waals surface area (Å²) >= 11 is 14.3. The zero-order valence-electron chi connectivity index (χ0n) is 18.7. The number of thioether (sulfide) groups is 1. The number of hydrogen-bond acceptors (Lipinski definition) is 4. The number of nitrogens with one attached hydrogen (secondary N) is 2. The van der Waals surface area contributed by atoms with Gasteiger partial charge in [0.25, 0.3) is 0 Å². The zero-order chi connectivity index (χ0) is 24.1. The number of aromatic nitrogens is 3. The van der Waals surface area contributed by atoms with Crippen LogP contribution in [0.3, 0.4) is 0 Å². The minimum absolute atomic E-state index is 0.151. The summed E-state index contributed by atoms with van der Waals surface area (Å²) in [7, 11) is 0. The maximum atomic E-state index is 12.6. The van der Waals surface area contributed by atoms with Gasteiger partial charge in [0.05, 0.1) is 17.3 Å². The van der Waals surface area contributed by atoms with Crippen molar-refractivity contribution in [2.75, 3.05) is 5.32 Å². The molecule has 0 saturated carbocycles. The van der Waals surface area contributed by atoms with Crippen molar-refractivity contribution in [2.45, 2.75) is 31.3 Å². The summed E-state index contributed by atoms with van der Waals surface area (Å²) in [4.78, 5) is 12.6. The van der Waals surface area contributed by atoms with E-state index in [1.165, 1.54) is 11.8 Å². The van der Waals surface area contributed by atoms with E-state index >= 15 is 0 Å². The smallest absolute Gasteiger partial charge is 0.319 e. The number of carbonyl (C=O) groups excluding carboxylic acids is 1. The predicted octanol–water partition coefficient (Wildman–Crippen LogP) is 6.80. The normalized spacial score (nSPS) is 10.8. The molecule has 0 radical (unpaired) electrons. The van der Waals surface area contributed by atoms with Crippen LogP contribution in [0.25, 0.3) is 5.69 Å². The monoisotopic (exact) mass is 511 g/mol. The first-order valence-electron chi connectivity index (χ1n) is 10.6. The van der Waals surface area contributed by atoms with Gasteiger partial charge in [0, 0.05) is 16.5 Å². The molecule has 0 fully saturated rings. The van der Waals surface area contributed by atoms with Crippen LogP contribution in [0.15, 0.2) is 71.9 Å². The maximum absolute atomic E-state index is 12.6. The predicted molar refractivity (Wildman–Crippen MR) is 139 cm³/mol. The molecule has 2 N–H and O–H groups in total. The quantitative estimate of drug-likeness (QED) is 0.267. The Labute approximate surface area is 212 Å². The molecule has 0 aliphatic heterocycles. The van der Waals surface area contributed by atoms with Gasteiger partial charge in [0.15, 0.2) is 11.0 Å². The second-order valence-corrected chi connectivity index (χ2v) is 9.45. The number of hydrogen-bond donors (Lipinski definition) is 2. The van der Waals surface area contributed by atoms with Gasteiger partial charge in [-0.25, -0.2) is 4.79 Å². The summed E-state index contributed by atoms with van der Waals surface area (Å²) in [6.07, 6.45) is 0. The molecule has 34 heavy (non-hydrogen) atoms. The SMILES string of the molecule is Cc1cccc(NC(=O)NCc2nnc(SCc3ccccc3)n2-c2cc(Cl)ccc2Cl)c1C. The highest BCUT2D eigenvalue weighted by Gasteiger charge is 2.18. The molecule has 0 spiro atoms. The molecule has 174 valence electrons. The average molecular weight is 512 g/mol. The fraction of sp³-hybridized carbons (Fsp3) is 0.160. The number of halogens is 2. The number of benzene rings is 3. The summed E-state index contributed by atoms with van der Waals surface area (Å²) in [5.74, 6) is 1.24. The number of rotatable bonds is 7. The molecule has 0 atom stereocenters. The Morgan fingerprint density at radius 1 is 1.00 bits per heavy atom. The molecular formula is C25H23Cl2N5OS.